The quantitative estimate of drug-likeness (QED) is 0.178. The van der Waals surface area contributed by atoms with Crippen LogP contribution >= 0.6 is 0 Å². The van der Waals surface area contributed by atoms with Gasteiger partial charge in [-0.15, -0.1) is 0 Å². The summed E-state index contributed by atoms with van der Waals surface area (Å²) in [4.78, 5) is 4.78. The van der Waals surface area contributed by atoms with Crippen molar-refractivity contribution >= 4 is 0 Å². The van der Waals surface area contributed by atoms with Gasteiger partial charge >= 0.3 is 0 Å². The third-order valence-corrected chi connectivity index (χ3v) is 11.3. The molecule has 0 saturated heterocycles. The van der Waals surface area contributed by atoms with E-state index in [1.165, 1.54) is 16.7 Å². The summed E-state index contributed by atoms with van der Waals surface area (Å²) in [5.41, 5.74) is 8.62. The van der Waals surface area contributed by atoms with Gasteiger partial charge in [-0.25, -0.2) is 0 Å². The second-order valence-corrected chi connectivity index (χ2v) is 14.5. The molecule has 6 bridgehead atoms. The Bertz CT molecular complexity index is 2130. The number of methoxy groups -OCH3 is 3. The van der Waals surface area contributed by atoms with Crippen LogP contribution in [0.15, 0.2) is 84.9 Å². The Kier molecular flexibility index (Phi) is 10.1. The molecule has 0 aromatic heterocycles. The normalized spacial score (nSPS) is 18.0. The standard InChI is InChI=1S/C45H48N2O7/c1-46-18-16-31-23-33(26-48)40-25-36(31)37(46)20-28-6-13-35(14-7-28)53-41-22-30(10-15-39(41)50-4)21-38-43-32(17-19-47(38)2)24-42(51-5)44(45(43)54-40)52-27-29-8-11-34(49-3)12-9-29/h6-15,22-25,37-38,48H,16-21,26-27H2,1-5H3/t37-,38-/m0/s1. The summed E-state index contributed by atoms with van der Waals surface area (Å²) in [5, 5.41) is 10.8. The highest BCUT2D eigenvalue weighted by atomic mass is 16.5. The first-order valence-corrected chi connectivity index (χ1v) is 18.6. The van der Waals surface area contributed by atoms with Gasteiger partial charge in [0.25, 0.3) is 0 Å². The summed E-state index contributed by atoms with van der Waals surface area (Å²) in [6.07, 6.45) is 3.18. The predicted octanol–water partition coefficient (Wildman–Crippen LogP) is 8.23. The Labute approximate surface area is 317 Å². The van der Waals surface area contributed by atoms with Gasteiger partial charge in [-0.05, 0) is 128 Å². The minimum absolute atomic E-state index is 0.0773. The molecule has 5 aromatic carbocycles. The molecule has 0 unspecified atom stereocenters. The molecule has 9 nitrogen and oxygen atoms in total. The number of hydrogen-bond donors (Lipinski definition) is 1. The fourth-order valence-corrected chi connectivity index (χ4v) is 8.15. The SMILES string of the molecule is COc1ccc(COc2c(OC)cc3c4c2Oc2cc5c(cc2CO)CCN(C)[C@H]5Cc2ccc(cc2)Oc2cc(ccc2OC)C[C@@H]4N(C)CC3)cc1. The van der Waals surface area contributed by atoms with Crippen LogP contribution < -0.4 is 28.4 Å². The maximum Gasteiger partial charge on any atom is 0.204 e. The molecule has 0 aliphatic carbocycles. The Morgan fingerprint density at radius 2 is 1.39 bits per heavy atom. The molecular weight excluding hydrogens is 681 g/mol. The van der Waals surface area contributed by atoms with Gasteiger partial charge in [0.15, 0.2) is 23.0 Å². The van der Waals surface area contributed by atoms with E-state index >= 15 is 0 Å². The van der Waals surface area contributed by atoms with Crippen LogP contribution in [-0.2, 0) is 38.9 Å². The summed E-state index contributed by atoms with van der Waals surface area (Å²) in [6.45, 7) is 1.90. The minimum Gasteiger partial charge on any atom is -0.497 e. The second kappa shape index (κ2) is 15.3. The molecule has 0 spiro atoms. The summed E-state index contributed by atoms with van der Waals surface area (Å²) >= 11 is 0. The van der Waals surface area contributed by atoms with Crippen molar-refractivity contribution in [2.45, 2.75) is 51.0 Å². The van der Waals surface area contributed by atoms with E-state index in [9.17, 15) is 5.11 Å². The molecule has 4 aliphatic rings. The van der Waals surface area contributed by atoms with Gasteiger partial charge in [0.05, 0.1) is 27.9 Å². The summed E-state index contributed by atoms with van der Waals surface area (Å²) < 4.78 is 37.7. The zero-order valence-corrected chi connectivity index (χ0v) is 31.7. The highest BCUT2D eigenvalue weighted by molar-refractivity contribution is 5.63. The van der Waals surface area contributed by atoms with Crippen LogP contribution in [0.2, 0.25) is 0 Å². The number of likely N-dealkylation sites (N-methyl/N-ethyl adjacent to an activating group) is 2. The first-order chi connectivity index (χ1) is 26.3. The third kappa shape index (κ3) is 6.95. The van der Waals surface area contributed by atoms with Crippen LogP contribution in [0.1, 0.15) is 56.6 Å². The van der Waals surface area contributed by atoms with Crippen molar-refractivity contribution in [2.24, 2.45) is 0 Å². The number of fused-ring (bicyclic) bond motifs is 2. The summed E-state index contributed by atoms with van der Waals surface area (Å²) in [6, 6.07) is 28.8. The summed E-state index contributed by atoms with van der Waals surface area (Å²) in [5.74, 6) is 5.21. The monoisotopic (exact) mass is 728 g/mol. The predicted molar refractivity (Wildman–Crippen MR) is 208 cm³/mol. The highest BCUT2D eigenvalue weighted by Crippen LogP contribution is 2.51. The van der Waals surface area contributed by atoms with Gasteiger partial charge in [-0.2, -0.15) is 0 Å². The van der Waals surface area contributed by atoms with Crippen LogP contribution in [0.3, 0.4) is 0 Å². The summed E-state index contributed by atoms with van der Waals surface area (Å²) in [7, 11) is 9.34. The number of hydrogen-bond acceptors (Lipinski definition) is 9. The van der Waals surface area contributed by atoms with Crippen molar-refractivity contribution in [1.82, 2.24) is 9.80 Å². The van der Waals surface area contributed by atoms with Gasteiger partial charge in [-0.3, -0.25) is 9.80 Å². The van der Waals surface area contributed by atoms with E-state index in [1.54, 1.807) is 21.3 Å². The molecule has 4 heterocycles. The number of nitrogens with zero attached hydrogens (tertiary/aromatic N) is 2. The van der Waals surface area contributed by atoms with E-state index in [1.807, 2.05) is 42.5 Å². The van der Waals surface area contributed by atoms with Crippen molar-refractivity contribution in [3.63, 3.8) is 0 Å². The lowest BCUT2D eigenvalue weighted by Gasteiger charge is -2.37. The van der Waals surface area contributed by atoms with Crippen molar-refractivity contribution in [3.05, 3.63) is 129 Å². The molecule has 0 radical (unpaired) electrons. The molecule has 280 valence electrons. The molecule has 0 amide bonds. The second-order valence-electron chi connectivity index (χ2n) is 14.5. The zero-order chi connectivity index (χ0) is 37.3. The Morgan fingerprint density at radius 1 is 0.685 bits per heavy atom. The first-order valence-electron chi connectivity index (χ1n) is 18.6. The lowest BCUT2D eigenvalue weighted by molar-refractivity contribution is 0.216. The van der Waals surface area contributed by atoms with Crippen LogP contribution in [0.5, 0.6) is 46.0 Å². The first kappa shape index (κ1) is 35.8. The molecular formula is C45H48N2O7. The van der Waals surface area contributed by atoms with E-state index in [0.717, 1.165) is 71.7 Å². The van der Waals surface area contributed by atoms with E-state index < -0.39 is 0 Å². The maximum absolute atomic E-state index is 10.8. The largest absolute Gasteiger partial charge is 0.497 e. The van der Waals surface area contributed by atoms with Gasteiger partial charge in [0, 0.05) is 36.3 Å². The Hall–Kier alpha value is -5.22. The third-order valence-electron chi connectivity index (χ3n) is 11.3. The van der Waals surface area contributed by atoms with E-state index in [2.05, 4.69) is 66.4 Å². The molecule has 1 N–H and O–H groups in total. The van der Waals surface area contributed by atoms with Crippen LogP contribution in [0.25, 0.3) is 0 Å². The molecule has 0 fully saturated rings. The minimum atomic E-state index is -0.156. The fraction of sp³-hybridized carbons (Fsp3) is 0.333. The smallest absolute Gasteiger partial charge is 0.204 e. The molecule has 0 saturated carbocycles. The highest BCUT2D eigenvalue weighted by Gasteiger charge is 2.35. The molecule has 5 aromatic rings. The van der Waals surface area contributed by atoms with E-state index in [0.29, 0.717) is 40.9 Å². The van der Waals surface area contributed by atoms with Gasteiger partial charge in [0.2, 0.25) is 5.75 Å². The molecule has 9 heteroatoms. The van der Waals surface area contributed by atoms with Crippen LogP contribution in [0.4, 0.5) is 0 Å². The van der Waals surface area contributed by atoms with Gasteiger partial charge in [0.1, 0.15) is 23.9 Å². The van der Waals surface area contributed by atoms with Crippen molar-refractivity contribution < 1.29 is 33.5 Å². The topological polar surface area (TPSA) is 82.1 Å². The molecule has 2 atom stereocenters. The van der Waals surface area contributed by atoms with E-state index in [-0.39, 0.29) is 25.3 Å². The Morgan fingerprint density at radius 3 is 2.11 bits per heavy atom. The number of benzene rings is 5. The van der Waals surface area contributed by atoms with Crippen molar-refractivity contribution in [2.75, 3.05) is 48.5 Å². The number of aliphatic hydroxyl groups is 1. The lowest BCUT2D eigenvalue weighted by Crippen LogP contribution is -2.34. The maximum atomic E-state index is 10.8. The number of ether oxygens (including phenoxy) is 6. The van der Waals surface area contributed by atoms with Crippen LogP contribution in [-0.4, -0.2) is 63.4 Å². The van der Waals surface area contributed by atoms with Gasteiger partial charge < -0.3 is 33.5 Å². The Balaban J connectivity index is 1.33. The van der Waals surface area contributed by atoms with Gasteiger partial charge in [-0.1, -0.05) is 30.3 Å². The average molecular weight is 729 g/mol. The van der Waals surface area contributed by atoms with Crippen molar-refractivity contribution in [3.8, 4) is 46.0 Å². The molecule has 9 rings (SSSR count). The van der Waals surface area contributed by atoms with E-state index in [4.69, 9.17) is 28.4 Å². The zero-order valence-electron chi connectivity index (χ0n) is 31.7. The fourth-order valence-electron chi connectivity index (χ4n) is 8.15. The van der Waals surface area contributed by atoms with Crippen LogP contribution in [0, 0.1) is 0 Å². The number of rotatable bonds is 7. The molecule has 54 heavy (non-hydrogen) atoms. The molecule has 4 aliphatic heterocycles. The average Bonchev–Trinajstić information content (AvgIpc) is 3.20. The van der Waals surface area contributed by atoms with Crippen molar-refractivity contribution in [1.29, 1.82) is 0 Å². The lowest BCUT2D eigenvalue weighted by atomic mass is 9.86. The number of aliphatic hydroxyl groups excluding tert-OH is 1.